The number of hydrogen-bond donors (Lipinski definition) is 0. The second-order valence-corrected chi connectivity index (χ2v) is 5.67. The topological polar surface area (TPSA) is 26.3 Å². The van der Waals surface area contributed by atoms with Gasteiger partial charge in [-0.1, -0.05) is 64.5 Å². The normalized spacial score (nSPS) is 10.2. The molecular formula is C19H13BrO2. The number of hydrogen-bond acceptors (Lipinski definition) is 2. The molecule has 0 N–H and O–H groups in total. The van der Waals surface area contributed by atoms with Crippen LogP contribution in [0.5, 0.6) is 5.75 Å². The van der Waals surface area contributed by atoms with Gasteiger partial charge in [-0.15, -0.1) is 0 Å². The van der Waals surface area contributed by atoms with E-state index in [1.165, 1.54) is 0 Å². The van der Waals surface area contributed by atoms with Crippen molar-refractivity contribution < 1.29 is 9.53 Å². The van der Waals surface area contributed by atoms with Gasteiger partial charge in [-0.3, -0.25) is 0 Å². The summed E-state index contributed by atoms with van der Waals surface area (Å²) in [6.07, 6.45) is 0. The summed E-state index contributed by atoms with van der Waals surface area (Å²) in [4.78, 5) is 12.3. The number of rotatable bonds is 3. The maximum absolute atomic E-state index is 12.3. The van der Waals surface area contributed by atoms with E-state index in [4.69, 9.17) is 4.74 Å². The predicted octanol–water partition coefficient (Wildman–Crippen LogP) is 5.34. The molecule has 0 aromatic heterocycles. The van der Waals surface area contributed by atoms with Gasteiger partial charge in [-0.25, -0.2) is 4.79 Å². The molecule has 2 nitrogen and oxygen atoms in total. The summed E-state index contributed by atoms with van der Waals surface area (Å²) >= 11 is 3.35. The summed E-state index contributed by atoms with van der Waals surface area (Å²) in [6.45, 7) is 0. The largest absolute Gasteiger partial charge is 0.422 e. The summed E-state index contributed by atoms with van der Waals surface area (Å²) in [6, 6.07) is 24.5. The molecule has 0 saturated carbocycles. The fourth-order valence-corrected chi connectivity index (χ4v) is 2.42. The summed E-state index contributed by atoms with van der Waals surface area (Å²) < 4.78 is 6.50. The zero-order chi connectivity index (χ0) is 15.4. The van der Waals surface area contributed by atoms with Crippen LogP contribution >= 0.6 is 15.9 Å². The number of benzene rings is 3. The highest BCUT2D eigenvalue weighted by Gasteiger charge is 2.12. The van der Waals surface area contributed by atoms with Gasteiger partial charge in [0.05, 0.1) is 5.56 Å². The van der Waals surface area contributed by atoms with Crippen LogP contribution in [0.4, 0.5) is 0 Å². The Balaban J connectivity index is 1.90. The van der Waals surface area contributed by atoms with E-state index in [1.807, 2.05) is 60.7 Å². The molecule has 108 valence electrons. The molecule has 0 atom stereocenters. The van der Waals surface area contributed by atoms with Crippen LogP contribution in [-0.4, -0.2) is 5.97 Å². The summed E-state index contributed by atoms with van der Waals surface area (Å²) in [5, 5.41) is 0. The first-order chi connectivity index (χ1) is 10.7. The molecule has 0 saturated heterocycles. The van der Waals surface area contributed by atoms with E-state index in [0.717, 1.165) is 15.6 Å². The molecular weight excluding hydrogens is 340 g/mol. The Bertz CT molecular complexity index is 780. The van der Waals surface area contributed by atoms with Gasteiger partial charge in [-0.2, -0.15) is 0 Å². The first-order valence-corrected chi connectivity index (χ1v) is 7.65. The van der Waals surface area contributed by atoms with Crippen molar-refractivity contribution in [3.8, 4) is 16.9 Å². The Morgan fingerprint density at radius 3 is 2.14 bits per heavy atom. The molecule has 0 amide bonds. The Hall–Kier alpha value is -2.39. The summed E-state index contributed by atoms with van der Waals surface area (Å²) in [7, 11) is 0. The molecule has 0 unspecified atom stereocenters. The molecule has 0 bridgehead atoms. The summed E-state index contributed by atoms with van der Waals surface area (Å²) in [5.41, 5.74) is 2.43. The van der Waals surface area contributed by atoms with Gasteiger partial charge < -0.3 is 4.74 Å². The Labute approximate surface area is 137 Å². The fraction of sp³-hybridized carbons (Fsp3) is 0. The predicted molar refractivity (Wildman–Crippen MR) is 91.0 cm³/mol. The molecule has 0 aliphatic carbocycles. The lowest BCUT2D eigenvalue weighted by molar-refractivity contribution is 0.0735. The zero-order valence-electron chi connectivity index (χ0n) is 11.7. The van der Waals surface area contributed by atoms with E-state index in [9.17, 15) is 4.79 Å². The quantitative estimate of drug-likeness (QED) is 0.470. The van der Waals surface area contributed by atoms with Gasteiger partial charge >= 0.3 is 5.97 Å². The molecule has 0 aliphatic rings. The van der Waals surface area contributed by atoms with Crippen LogP contribution in [0.3, 0.4) is 0 Å². The van der Waals surface area contributed by atoms with Crippen molar-refractivity contribution in [1.82, 2.24) is 0 Å². The maximum atomic E-state index is 12.3. The minimum atomic E-state index is -0.365. The highest BCUT2D eigenvalue weighted by Crippen LogP contribution is 2.30. The summed E-state index contributed by atoms with van der Waals surface area (Å²) in [5.74, 6) is 0.192. The van der Waals surface area contributed by atoms with Crippen molar-refractivity contribution in [3.63, 3.8) is 0 Å². The average Bonchev–Trinajstić information content (AvgIpc) is 2.57. The van der Waals surface area contributed by atoms with Gasteiger partial charge in [0.25, 0.3) is 0 Å². The van der Waals surface area contributed by atoms with Crippen LogP contribution in [0.1, 0.15) is 10.4 Å². The second-order valence-electron chi connectivity index (χ2n) is 4.76. The lowest BCUT2D eigenvalue weighted by Crippen LogP contribution is -2.08. The first kappa shape index (κ1) is 14.5. The minimum Gasteiger partial charge on any atom is -0.422 e. The fourth-order valence-electron chi connectivity index (χ4n) is 2.16. The smallest absolute Gasteiger partial charge is 0.343 e. The van der Waals surface area contributed by atoms with Crippen LogP contribution in [0.2, 0.25) is 0 Å². The SMILES string of the molecule is O=C(Oc1ccccc1-c1ccccc1)c1ccc(Br)cc1. The lowest BCUT2D eigenvalue weighted by Gasteiger charge is -2.10. The highest BCUT2D eigenvalue weighted by molar-refractivity contribution is 9.10. The standard InChI is InChI=1S/C19H13BrO2/c20-16-12-10-15(11-13-16)19(21)22-18-9-5-4-8-17(18)14-6-2-1-3-7-14/h1-13H. The van der Waals surface area contributed by atoms with Crippen molar-refractivity contribution in [2.75, 3.05) is 0 Å². The van der Waals surface area contributed by atoms with Crippen LogP contribution < -0.4 is 4.74 Å². The van der Waals surface area contributed by atoms with Crippen LogP contribution in [0.15, 0.2) is 83.3 Å². The van der Waals surface area contributed by atoms with Crippen molar-refractivity contribution in [2.45, 2.75) is 0 Å². The van der Waals surface area contributed by atoms with Gasteiger partial charge in [0, 0.05) is 10.0 Å². The first-order valence-electron chi connectivity index (χ1n) is 6.86. The van der Waals surface area contributed by atoms with Crippen molar-refractivity contribution in [1.29, 1.82) is 0 Å². The Morgan fingerprint density at radius 2 is 1.41 bits per heavy atom. The molecule has 3 aromatic carbocycles. The van der Waals surface area contributed by atoms with E-state index in [1.54, 1.807) is 18.2 Å². The van der Waals surface area contributed by atoms with Gasteiger partial charge in [0.2, 0.25) is 0 Å². The van der Waals surface area contributed by atoms with Crippen LogP contribution in [0, 0.1) is 0 Å². The number of esters is 1. The molecule has 22 heavy (non-hydrogen) atoms. The number of ether oxygens (including phenoxy) is 1. The van der Waals surface area contributed by atoms with E-state index in [-0.39, 0.29) is 5.97 Å². The zero-order valence-corrected chi connectivity index (χ0v) is 13.3. The maximum Gasteiger partial charge on any atom is 0.343 e. The van der Waals surface area contributed by atoms with E-state index in [2.05, 4.69) is 15.9 Å². The molecule has 3 aromatic rings. The van der Waals surface area contributed by atoms with E-state index >= 15 is 0 Å². The lowest BCUT2D eigenvalue weighted by atomic mass is 10.0. The molecule has 0 heterocycles. The van der Waals surface area contributed by atoms with Crippen LogP contribution in [-0.2, 0) is 0 Å². The molecule has 0 aliphatic heterocycles. The molecule has 0 fully saturated rings. The molecule has 3 heteroatoms. The van der Waals surface area contributed by atoms with Crippen molar-refractivity contribution in [2.24, 2.45) is 0 Å². The monoisotopic (exact) mass is 352 g/mol. The van der Waals surface area contributed by atoms with E-state index < -0.39 is 0 Å². The molecule has 3 rings (SSSR count). The third kappa shape index (κ3) is 3.26. The number of carbonyl (C=O) groups is 1. The van der Waals surface area contributed by atoms with Gasteiger partial charge in [0.1, 0.15) is 5.75 Å². The Kier molecular flexibility index (Phi) is 4.35. The highest BCUT2D eigenvalue weighted by atomic mass is 79.9. The van der Waals surface area contributed by atoms with Crippen molar-refractivity contribution >= 4 is 21.9 Å². The number of halogens is 1. The van der Waals surface area contributed by atoms with Gasteiger partial charge in [-0.05, 0) is 35.9 Å². The molecule has 0 spiro atoms. The third-order valence-electron chi connectivity index (χ3n) is 3.25. The van der Waals surface area contributed by atoms with Gasteiger partial charge in [0.15, 0.2) is 0 Å². The van der Waals surface area contributed by atoms with Crippen molar-refractivity contribution in [3.05, 3.63) is 88.9 Å². The van der Waals surface area contributed by atoms with E-state index in [0.29, 0.717) is 11.3 Å². The second kappa shape index (κ2) is 6.58. The molecule has 0 radical (unpaired) electrons. The third-order valence-corrected chi connectivity index (χ3v) is 3.78. The Morgan fingerprint density at radius 1 is 0.773 bits per heavy atom. The average molecular weight is 353 g/mol. The minimum absolute atomic E-state index is 0.365. The van der Waals surface area contributed by atoms with Crippen LogP contribution in [0.25, 0.3) is 11.1 Å². The number of carbonyl (C=O) groups excluding carboxylic acids is 1. The number of para-hydroxylation sites is 1.